The standard InChI is InChI=1S/C3H6N6.H4O6P2/c4-1-7-2(5)9-3(6)8-1;1-7(2,3)8(4,5)6/h(H6,4,5,6,7,8,9);(H2,1,2,3)(H2,4,5,6). The second kappa shape index (κ2) is 5.36. The monoisotopic (exact) mass is 288 g/mol. The molecule has 0 radical (unpaired) electrons. The molecule has 0 spiro atoms. The van der Waals surface area contributed by atoms with Gasteiger partial charge in [0.2, 0.25) is 17.8 Å². The van der Waals surface area contributed by atoms with Gasteiger partial charge in [-0.3, -0.25) is 0 Å². The van der Waals surface area contributed by atoms with Crippen molar-refractivity contribution in [2.45, 2.75) is 0 Å². The number of hydrogen-bond acceptors (Lipinski definition) is 8. The minimum absolute atomic E-state index is 0.0417. The maximum atomic E-state index is 9.58. The summed E-state index contributed by atoms with van der Waals surface area (Å²) in [5.41, 5.74) is 15.4. The number of nitrogens with zero attached hydrogens (tertiary/aromatic N) is 3. The molecular weight excluding hydrogens is 278 g/mol. The highest BCUT2D eigenvalue weighted by Crippen LogP contribution is 2.71. The highest BCUT2D eigenvalue weighted by atomic mass is 32.1. The molecule has 17 heavy (non-hydrogen) atoms. The number of aromatic nitrogens is 3. The summed E-state index contributed by atoms with van der Waals surface area (Å²) in [7, 11) is -10.4. The van der Waals surface area contributed by atoms with E-state index in [0.29, 0.717) is 0 Å². The summed E-state index contributed by atoms with van der Waals surface area (Å²) in [6, 6.07) is 0. The molecule has 0 saturated carbocycles. The van der Waals surface area contributed by atoms with Gasteiger partial charge in [0.15, 0.2) is 0 Å². The van der Waals surface area contributed by atoms with Crippen LogP contribution in [0.2, 0.25) is 0 Å². The van der Waals surface area contributed by atoms with Crippen LogP contribution in [0.5, 0.6) is 0 Å². The lowest BCUT2D eigenvalue weighted by atomic mass is 10.9. The first-order chi connectivity index (χ1) is 7.43. The normalized spacial score (nSPS) is 11.5. The van der Waals surface area contributed by atoms with E-state index in [-0.39, 0.29) is 17.8 Å². The molecule has 0 aliphatic heterocycles. The van der Waals surface area contributed by atoms with Crippen molar-refractivity contribution in [1.82, 2.24) is 15.0 Å². The van der Waals surface area contributed by atoms with Gasteiger partial charge in [-0.05, 0) is 0 Å². The average molecular weight is 288 g/mol. The Kier molecular flexibility index (Phi) is 4.95. The number of nitrogen functional groups attached to an aromatic ring is 3. The van der Waals surface area contributed by atoms with Crippen molar-refractivity contribution in [2.24, 2.45) is 0 Å². The number of hydrogen-bond donors (Lipinski definition) is 7. The van der Waals surface area contributed by atoms with Gasteiger partial charge in [0.1, 0.15) is 0 Å². The zero-order chi connectivity index (χ0) is 13.9. The van der Waals surface area contributed by atoms with Crippen LogP contribution in [0, 0.1) is 0 Å². The maximum absolute atomic E-state index is 9.58. The molecule has 0 aromatic carbocycles. The van der Waals surface area contributed by atoms with Crippen LogP contribution in [-0.4, -0.2) is 34.5 Å². The summed E-state index contributed by atoms with van der Waals surface area (Å²) in [5, 5.41) is 0. The molecule has 1 aromatic heterocycles. The van der Waals surface area contributed by atoms with E-state index >= 15 is 0 Å². The van der Waals surface area contributed by atoms with Crippen molar-refractivity contribution in [3.8, 4) is 0 Å². The Balaban J connectivity index is 0.000000304. The van der Waals surface area contributed by atoms with Crippen LogP contribution >= 0.6 is 14.6 Å². The third-order valence-corrected chi connectivity index (χ3v) is 3.74. The Labute approximate surface area is 94.1 Å². The maximum Gasteiger partial charge on any atom is 0.435 e. The predicted molar refractivity (Wildman–Crippen MR) is 57.2 cm³/mol. The highest BCUT2D eigenvalue weighted by Gasteiger charge is 2.37. The zero-order valence-electron chi connectivity index (χ0n) is 8.07. The minimum atomic E-state index is -5.18. The van der Waals surface area contributed by atoms with Crippen molar-refractivity contribution >= 4 is 32.4 Å². The van der Waals surface area contributed by atoms with Gasteiger partial charge < -0.3 is 36.8 Å². The van der Waals surface area contributed by atoms with Crippen LogP contribution in [0.25, 0.3) is 0 Å². The van der Waals surface area contributed by atoms with E-state index in [0.717, 1.165) is 0 Å². The molecule has 0 aliphatic carbocycles. The largest absolute Gasteiger partial charge is 0.435 e. The van der Waals surface area contributed by atoms with Gasteiger partial charge in [-0.25, -0.2) is 9.13 Å². The molecular formula is C3H10N6O6P2. The van der Waals surface area contributed by atoms with Crippen molar-refractivity contribution in [1.29, 1.82) is 0 Å². The number of anilines is 3. The fraction of sp³-hybridized carbons (Fsp3) is 0. The molecule has 98 valence electrons. The quantitative estimate of drug-likeness (QED) is 0.274. The molecule has 10 N–H and O–H groups in total. The van der Waals surface area contributed by atoms with Gasteiger partial charge in [0.25, 0.3) is 0 Å². The first-order valence-electron chi connectivity index (χ1n) is 3.57. The molecule has 1 aromatic rings. The third-order valence-electron chi connectivity index (χ3n) is 1.03. The minimum Gasteiger partial charge on any atom is -0.368 e. The summed E-state index contributed by atoms with van der Waals surface area (Å²) in [4.78, 5) is 41.3. The van der Waals surface area contributed by atoms with Gasteiger partial charge in [-0.2, -0.15) is 15.0 Å². The Bertz CT molecular complexity index is 410. The van der Waals surface area contributed by atoms with E-state index in [9.17, 15) is 9.13 Å². The number of nitrogens with two attached hydrogens (primary N) is 3. The van der Waals surface area contributed by atoms with Gasteiger partial charge in [0, 0.05) is 0 Å². The third kappa shape index (κ3) is 6.12. The molecule has 0 saturated heterocycles. The molecule has 0 aliphatic rings. The van der Waals surface area contributed by atoms with Crippen LogP contribution in [-0.2, 0) is 9.13 Å². The van der Waals surface area contributed by atoms with Gasteiger partial charge in [-0.15, -0.1) is 0 Å². The van der Waals surface area contributed by atoms with Crippen molar-refractivity contribution in [2.75, 3.05) is 17.2 Å². The van der Waals surface area contributed by atoms with E-state index in [2.05, 4.69) is 15.0 Å². The predicted octanol–water partition coefficient (Wildman–Crippen LogP) is -2.12. The van der Waals surface area contributed by atoms with Gasteiger partial charge in [-0.1, -0.05) is 0 Å². The van der Waals surface area contributed by atoms with E-state index in [4.69, 9.17) is 36.8 Å². The second-order valence-corrected chi connectivity index (χ2v) is 7.62. The topological polar surface area (TPSA) is 232 Å². The summed E-state index contributed by atoms with van der Waals surface area (Å²) >= 11 is 0. The molecule has 0 atom stereocenters. The summed E-state index contributed by atoms with van der Waals surface area (Å²) in [6.45, 7) is 0. The van der Waals surface area contributed by atoms with E-state index in [1.807, 2.05) is 0 Å². The highest BCUT2D eigenvalue weighted by molar-refractivity contribution is 8.26. The SMILES string of the molecule is Nc1nc(N)nc(N)n1.O=P(O)(O)P(=O)(O)O. The summed E-state index contributed by atoms with van der Waals surface area (Å²) in [6.07, 6.45) is 0. The molecule has 0 bridgehead atoms. The van der Waals surface area contributed by atoms with Crippen molar-refractivity contribution < 1.29 is 28.7 Å². The zero-order valence-corrected chi connectivity index (χ0v) is 9.86. The summed E-state index contributed by atoms with van der Waals surface area (Å²) < 4.78 is 19.2. The van der Waals surface area contributed by atoms with Crippen LogP contribution < -0.4 is 17.2 Å². The number of rotatable bonds is 1. The first-order valence-corrected chi connectivity index (χ1v) is 7.50. The first kappa shape index (κ1) is 15.7. The lowest BCUT2D eigenvalue weighted by molar-refractivity contribution is 0.340. The Morgan fingerprint density at radius 3 is 1.00 bits per heavy atom. The Morgan fingerprint density at radius 2 is 0.882 bits per heavy atom. The van der Waals surface area contributed by atoms with Crippen LogP contribution in [0.15, 0.2) is 0 Å². The fourth-order valence-corrected chi connectivity index (χ4v) is 0.427. The molecule has 1 rings (SSSR count). The Morgan fingerprint density at radius 1 is 0.706 bits per heavy atom. The smallest absolute Gasteiger partial charge is 0.368 e. The second-order valence-electron chi connectivity index (χ2n) is 2.44. The van der Waals surface area contributed by atoms with Crippen LogP contribution in [0.3, 0.4) is 0 Å². The van der Waals surface area contributed by atoms with Crippen molar-refractivity contribution in [3.05, 3.63) is 0 Å². The molecule has 0 unspecified atom stereocenters. The van der Waals surface area contributed by atoms with Crippen LogP contribution in [0.4, 0.5) is 17.8 Å². The molecule has 1 heterocycles. The molecule has 0 fully saturated rings. The molecule has 12 nitrogen and oxygen atoms in total. The summed E-state index contributed by atoms with van der Waals surface area (Å²) in [5.74, 6) is 0.125. The molecule has 14 heteroatoms. The molecule has 0 amide bonds. The van der Waals surface area contributed by atoms with E-state index < -0.39 is 14.6 Å². The average Bonchev–Trinajstić information content (AvgIpc) is 1.96. The van der Waals surface area contributed by atoms with Crippen molar-refractivity contribution in [3.63, 3.8) is 0 Å². The van der Waals surface area contributed by atoms with Gasteiger partial charge >= 0.3 is 14.6 Å². The lowest BCUT2D eigenvalue weighted by Crippen LogP contribution is -2.05. The van der Waals surface area contributed by atoms with Crippen LogP contribution in [0.1, 0.15) is 0 Å². The van der Waals surface area contributed by atoms with E-state index in [1.54, 1.807) is 0 Å². The Hall–Kier alpha value is -1.29. The fourth-order valence-electron chi connectivity index (χ4n) is 0.427. The van der Waals surface area contributed by atoms with E-state index in [1.165, 1.54) is 0 Å². The lowest BCUT2D eigenvalue weighted by Gasteiger charge is -2.02. The van der Waals surface area contributed by atoms with Gasteiger partial charge in [0.05, 0.1) is 0 Å².